The van der Waals surface area contributed by atoms with Gasteiger partial charge in [0.1, 0.15) is 11.4 Å². The molecule has 18 heavy (non-hydrogen) atoms. The second-order valence-corrected chi connectivity index (χ2v) is 5.81. The molecule has 0 aromatic rings. The number of unbranched alkanes of at least 4 members (excludes halogenated alkanes) is 1. The van der Waals surface area contributed by atoms with Gasteiger partial charge in [0.05, 0.1) is 12.2 Å². The zero-order valence-electron chi connectivity index (χ0n) is 12.2. The van der Waals surface area contributed by atoms with Gasteiger partial charge < -0.3 is 9.47 Å². The number of hydrogen-bond acceptors (Lipinski definition) is 3. The summed E-state index contributed by atoms with van der Waals surface area (Å²) < 4.78 is 11.2. The number of carbonyl (C=O) groups is 1. The minimum absolute atomic E-state index is 0.200. The Balaban J connectivity index is 2.68. The second-order valence-electron chi connectivity index (χ2n) is 5.81. The van der Waals surface area contributed by atoms with E-state index in [-0.39, 0.29) is 5.97 Å². The number of rotatable bonds is 5. The maximum Gasteiger partial charge on any atom is 0.337 e. The smallest absolute Gasteiger partial charge is 0.337 e. The Morgan fingerprint density at radius 2 is 1.89 bits per heavy atom. The van der Waals surface area contributed by atoms with Crippen LogP contribution in [-0.2, 0) is 14.3 Å². The van der Waals surface area contributed by atoms with Gasteiger partial charge in [-0.05, 0) is 46.5 Å². The van der Waals surface area contributed by atoms with Gasteiger partial charge in [0, 0.05) is 6.42 Å². The molecule has 104 valence electrons. The largest absolute Gasteiger partial charge is 0.497 e. The average molecular weight is 254 g/mol. The van der Waals surface area contributed by atoms with Crippen molar-refractivity contribution in [3.8, 4) is 0 Å². The third-order valence-corrected chi connectivity index (χ3v) is 2.84. The first-order valence-corrected chi connectivity index (χ1v) is 7.02. The number of carbonyl (C=O) groups excluding carboxylic acids is 1. The van der Waals surface area contributed by atoms with E-state index in [1.54, 1.807) is 0 Å². The standard InChI is InChI=1S/C15H26O3/c1-5-6-11-17-13-10-8-7-9-12(13)14(16)18-15(2,3)4/h5-11H2,1-4H3. The fourth-order valence-corrected chi connectivity index (χ4v) is 1.93. The summed E-state index contributed by atoms with van der Waals surface area (Å²) in [7, 11) is 0. The van der Waals surface area contributed by atoms with E-state index in [1.165, 1.54) is 0 Å². The van der Waals surface area contributed by atoms with Crippen molar-refractivity contribution in [3.05, 3.63) is 11.3 Å². The molecular formula is C15H26O3. The number of hydrogen-bond donors (Lipinski definition) is 0. The molecule has 1 aliphatic carbocycles. The van der Waals surface area contributed by atoms with E-state index in [0.29, 0.717) is 6.61 Å². The summed E-state index contributed by atoms with van der Waals surface area (Å²) in [4.78, 5) is 12.1. The fourth-order valence-electron chi connectivity index (χ4n) is 1.93. The Kier molecular flexibility index (Phi) is 5.70. The maximum absolute atomic E-state index is 12.1. The molecule has 3 nitrogen and oxygen atoms in total. The first-order chi connectivity index (χ1) is 8.44. The Hall–Kier alpha value is -0.990. The van der Waals surface area contributed by atoms with Gasteiger partial charge in [-0.2, -0.15) is 0 Å². The maximum atomic E-state index is 12.1. The summed E-state index contributed by atoms with van der Waals surface area (Å²) in [6, 6.07) is 0. The SMILES string of the molecule is CCCCOC1=C(C(=O)OC(C)(C)C)CCCC1. The number of esters is 1. The van der Waals surface area contributed by atoms with Gasteiger partial charge in [-0.3, -0.25) is 0 Å². The molecule has 0 heterocycles. The summed E-state index contributed by atoms with van der Waals surface area (Å²) in [5, 5.41) is 0. The molecule has 0 aromatic heterocycles. The highest BCUT2D eigenvalue weighted by atomic mass is 16.6. The van der Waals surface area contributed by atoms with Gasteiger partial charge in [0.2, 0.25) is 0 Å². The molecule has 0 amide bonds. The van der Waals surface area contributed by atoms with Crippen molar-refractivity contribution in [2.45, 2.75) is 71.8 Å². The summed E-state index contributed by atoms with van der Waals surface area (Å²) >= 11 is 0. The van der Waals surface area contributed by atoms with Crippen LogP contribution in [0, 0.1) is 0 Å². The van der Waals surface area contributed by atoms with Crippen molar-refractivity contribution >= 4 is 5.97 Å². The molecule has 0 atom stereocenters. The second kappa shape index (κ2) is 6.81. The fraction of sp³-hybridized carbons (Fsp3) is 0.800. The zero-order valence-corrected chi connectivity index (χ0v) is 12.2. The Morgan fingerprint density at radius 3 is 2.50 bits per heavy atom. The van der Waals surface area contributed by atoms with E-state index in [1.807, 2.05) is 20.8 Å². The summed E-state index contributed by atoms with van der Waals surface area (Å²) in [6.07, 6.45) is 5.96. The molecule has 0 unspecified atom stereocenters. The van der Waals surface area contributed by atoms with Crippen LogP contribution in [0.1, 0.15) is 66.2 Å². The van der Waals surface area contributed by atoms with Crippen LogP contribution >= 0.6 is 0 Å². The number of allylic oxidation sites excluding steroid dienone is 1. The molecule has 1 aliphatic rings. The molecule has 3 heteroatoms. The van der Waals surface area contributed by atoms with Crippen LogP contribution in [0.15, 0.2) is 11.3 Å². The monoisotopic (exact) mass is 254 g/mol. The lowest BCUT2D eigenvalue weighted by Crippen LogP contribution is -2.26. The molecule has 0 aromatic carbocycles. The topological polar surface area (TPSA) is 35.5 Å². The van der Waals surface area contributed by atoms with Gasteiger partial charge in [0.25, 0.3) is 0 Å². The van der Waals surface area contributed by atoms with Crippen LogP contribution in [0.4, 0.5) is 0 Å². The van der Waals surface area contributed by atoms with Crippen molar-refractivity contribution < 1.29 is 14.3 Å². The minimum atomic E-state index is -0.434. The molecule has 0 saturated carbocycles. The molecule has 0 aliphatic heterocycles. The van der Waals surface area contributed by atoms with E-state index in [2.05, 4.69) is 6.92 Å². The lowest BCUT2D eigenvalue weighted by Gasteiger charge is -2.24. The van der Waals surface area contributed by atoms with Crippen LogP contribution in [0.5, 0.6) is 0 Å². The molecular weight excluding hydrogens is 228 g/mol. The zero-order chi connectivity index (χ0) is 13.6. The Morgan fingerprint density at radius 1 is 1.22 bits per heavy atom. The van der Waals surface area contributed by atoms with Crippen LogP contribution in [0.2, 0.25) is 0 Å². The van der Waals surface area contributed by atoms with Crippen molar-refractivity contribution in [1.82, 2.24) is 0 Å². The van der Waals surface area contributed by atoms with Gasteiger partial charge in [-0.15, -0.1) is 0 Å². The third kappa shape index (κ3) is 5.11. The van der Waals surface area contributed by atoms with Gasteiger partial charge in [-0.1, -0.05) is 13.3 Å². The van der Waals surface area contributed by atoms with E-state index >= 15 is 0 Å². The Bertz CT molecular complexity index is 310. The number of ether oxygens (including phenoxy) is 2. The van der Waals surface area contributed by atoms with E-state index in [9.17, 15) is 4.79 Å². The quantitative estimate of drug-likeness (QED) is 0.550. The van der Waals surface area contributed by atoms with Crippen LogP contribution in [0.3, 0.4) is 0 Å². The van der Waals surface area contributed by atoms with Crippen LogP contribution in [0.25, 0.3) is 0 Å². The van der Waals surface area contributed by atoms with Gasteiger partial charge in [0.15, 0.2) is 0 Å². The molecule has 0 radical (unpaired) electrons. The molecule has 0 saturated heterocycles. The highest BCUT2D eigenvalue weighted by Gasteiger charge is 2.25. The van der Waals surface area contributed by atoms with Crippen LogP contribution < -0.4 is 0 Å². The van der Waals surface area contributed by atoms with E-state index in [0.717, 1.165) is 49.9 Å². The molecule has 0 spiro atoms. The first kappa shape index (κ1) is 15.1. The summed E-state index contributed by atoms with van der Waals surface area (Å²) in [5.74, 6) is 0.664. The Labute approximate surface area is 111 Å². The lowest BCUT2D eigenvalue weighted by atomic mass is 9.97. The highest BCUT2D eigenvalue weighted by molar-refractivity contribution is 5.89. The highest BCUT2D eigenvalue weighted by Crippen LogP contribution is 2.28. The summed E-state index contributed by atoms with van der Waals surface area (Å²) in [6.45, 7) is 8.52. The van der Waals surface area contributed by atoms with Crippen molar-refractivity contribution in [1.29, 1.82) is 0 Å². The van der Waals surface area contributed by atoms with E-state index < -0.39 is 5.60 Å². The van der Waals surface area contributed by atoms with Gasteiger partial charge in [-0.25, -0.2) is 4.79 Å². The van der Waals surface area contributed by atoms with Gasteiger partial charge >= 0.3 is 5.97 Å². The molecule has 0 bridgehead atoms. The van der Waals surface area contributed by atoms with Crippen molar-refractivity contribution in [2.75, 3.05) is 6.61 Å². The normalized spacial score (nSPS) is 16.7. The van der Waals surface area contributed by atoms with E-state index in [4.69, 9.17) is 9.47 Å². The van der Waals surface area contributed by atoms with Crippen LogP contribution in [-0.4, -0.2) is 18.2 Å². The van der Waals surface area contributed by atoms with Crippen molar-refractivity contribution in [2.24, 2.45) is 0 Å². The molecule has 0 N–H and O–H groups in total. The molecule has 0 fully saturated rings. The first-order valence-electron chi connectivity index (χ1n) is 7.02. The lowest BCUT2D eigenvalue weighted by molar-refractivity contribution is -0.150. The van der Waals surface area contributed by atoms with Crippen molar-refractivity contribution in [3.63, 3.8) is 0 Å². The third-order valence-electron chi connectivity index (χ3n) is 2.84. The average Bonchev–Trinajstić information content (AvgIpc) is 2.27. The predicted molar refractivity (Wildman–Crippen MR) is 72.2 cm³/mol. The minimum Gasteiger partial charge on any atom is -0.497 e. The molecule has 1 rings (SSSR count). The summed E-state index contributed by atoms with van der Waals surface area (Å²) in [5.41, 5.74) is 0.322. The predicted octanol–water partition coefficient (Wildman–Crippen LogP) is 3.97.